The molecule has 1 atom stereocenters. The molecule has 0 amide bonds. The SMILES string of the molecule is CCCOc1ccc(OC)c(C(C)O)c1. The van der Waals surface area contributed by atoms with E-state index in [1.807, 2.05) is 18.2 Å². The smallest absolute Gasteiger partial charge is 0.124 e. The summed E-state index contributed by atoms with van der Waals surface area (Å²) in [5.74, 6) is 1.46. The monoisotopic (exact) mass is 210 g/mol. The van der Waals surface area contributed by atoms with E-state index in [-0.39, 0.29) is 0 Å². The number of aliphatic hydroxyl groups excluding tert-OH is 1. The number of benzene rings is 1. The fourth-order valence-corrected chi connectivity index (χ4v) is 1.35. The van der Waals surface area contributed by atoms with Crippen LogP contribution in [0.5, 0.6) is 11.5 Å². The van der Waals surface area contributed by atoms with Gasteiger partial charge in [-0.3, -0.25) is 0 Å². The molecule has 0 aliphatic heterocycles. The van der Waals surface area contributed by atoms with Gasteiger partial charge in [0.2, 0.25) is 0 Å². The topological polar surface area (TPSA) is 38.7 Å². The molecule has 0 spiro atoms. The van der Waals surface area contributed by atoms with Crippen LogP contribution < -0.4 is 9.47 Å². The van der Waals surface area contributed by atoms with Crippen LogP contribution in [0.4, 0.5) is 0 Å². The zero-order valence-corrected chi connectivity index (χ0v) is 9.49. The Hall–Kier alpha value is -1.22. The van der Waals surface area contributed by atoms with E-state index in [9.17, 15) is 5.11 Å². The van der Waals surface area contributed by atoms with Gasteiger partial charge in [-0.05, 0) is 31.5 Å². The second kappa shape index (κ2) is 5.61. The first-order valence-corrected chi connectivity index (χ1v) is 5.17. The van der Waals surface area contributed by atoms with Crippen LogP contribution >= 0.6 is 0 Å². The highest BCUT2D eigenvalue weighted by Gasteiger charge is 2.09. The number of ether oxygens (including phenoxy) is 2. The third kappa shape index (κ3) is 3.13. The molecule has 15 heavy (non-hydrogen) atoms. The fourth-order valence-electron chi connectivity index (χ4n) is 1.35. The maximum Gasteiger partial charge on any atom is 0.124 e. The summed E-state index contributed by atoms with van der Waals surface area (Å²) in [5, 5.41) is 9.55. The second-order valence-corrected chi connectivity index (χ2v) is 3.43. The quantitative estimate of drug-likeness (QED) is 0.811. The van der Waals surface area contributed by atoms with Crippen LogP contribution in [0.25, 0.3) is 0 Å². The highest BCUT2D eigenvalue weighted by atomic mass is 16.5. The number of rotatable bonds is 5. The molecule has 0 saturated heterocycles. The third-order valence-electron chi connectivity index (χ3n) is 2.12. The van der Waals surface area contributed by atoms with Gasteiger partial charge in [0.1, 0.15) is 11.5 Å². The molecule has 1 N–H and O–H groups in total. The van der Waals surface area contributed by atoms with Gasteiger partial charge in [0.05, 0.1) is 19.8 Å². The predicted molar refractivity (Wildman–Crippen MR) is 59.4 cm³/mol. The van der Waals surface area contributed by atoms with E-state index in [0.717, 1.165) is 17.7 Å². The molecule has 1 rings (SSSR count). The van der Waals surface area contributed by atoms with Crippen LogP contribution in [0.15, 0.2) is 18.2 Å². The Morgan fingerprint density at radius 3 is 2.67 bits per heavy atom. The first-order chi connectivity index (χ1) is 7.19. The second-order valence-electron chi connectivity index (χ2n) is 3.43. The minimum atomic E-state index is -0.551. The molecule has 84 valence electrons. The summed E-state index contributed by atoms with van der Waals surface area (Å²) in [6.45, 7) is 4.45. The zero-order valence-electron chi connectivity index (χ0n) is 9.49. The molecule has 0 fully saturated rings. The molecule has 3 nitrogen and oxygen atoms in total. The Kier molecular flexibility index (Phi) is 4.43. The number of aliphatic hydroxyl groups is 1. The van der Waals surface area contributed by atoms with Gasteiger partial charge in [-0.2, -0.15) is 0 Å². The highest BCUT2D eigenvalue weighted by molar-refractivity contribution is 5.41. The number of methoxy groups -OCH3 is 1. The minimum Gasteiger partial charge on any atom is -0.496 e. The highest BCUT2D eigenvalue weighted by Crippen LogP contribution is 2.29. The molecule has 0 radical (unpaired) electrons. The molecule has 1 aromatic rings. The van der Waals surface area contributed by atoms with Crippen molar-refractivity contribution in [1.29, 1.82) is 0 Å². The van der Waals surface area contributed by atoms with Crippen LogP contribution in [0.2, 0.25) is 0 Å². The molecule has 0 saturated carbocycles. The van der Waals surface area contributed by atoms with Gasteiger partial charge in [-0.1, -0.05) is 6.92 Å². The van der Waals surface area contributed by atoms with Crippen molar-refractivity contribution in [2.75, 3.05) is 13.7 Å². The number of hydrogen-bond acceptors (Lipinski definition) is 3. The Morgan fingerprint density at radius 1 is 1.40 bits per heavy atom. The van der Waals surface area contributed by atoms with Crippen LogP contribution in [0.3, 0.4) is 0 Å². The summed E-state index contributed by atoms with van der Waals surface area (Å²) < 4.78 is 10.6. The lowest BCUT2D eigenvalue weighted by molar-refractivity contribution is 0.193. The van der Waals surface area contributed by atoms with E-state index in [2.05, 4.69) is 6.92 Å². The van der Waals surface area contributed by atoms with Crippen molar-refractivity contribution in [2.45, 2.75) is 26.4 Å². The van der Waals surface area contributed by atoms with Crippen molar-refractivity contribution in [3.05, 3.63) is 23.8 Å². The van der Waals surface area contributed by atoms with Gasteiger partial charge in [0.25, 0.3) is 0 Å². The maximum absolute atomic E-state index is 9.55. The molecule has 1 aromatic carbocycles. The van der Waals surface area contributed by atoms with Crippen molar-refractivity contribution < 1.29 is 14.6 Å². The van der Waals surface area contributed by atoms with Crippen molar-refractivity contribution in [3.63, 3.8) is 0 Å². The van der Waals surface area contributed by atoms with E-state index in [1.165, 1.54) is 0 Å². The van der Waals surface area contributed by atoms with Crippen LogP contribution in [0.1, 0.15) is 31.9 Å². The fraction of sp³-hybridized carbons (Fsp3) is 0.500. The average molecular weight is 210 g/mol. The lowest BCUT2D eigenvalue weighted by Crippen LogP contribution is -1.99. The first kappa shape index (κ1) is 11.9. The molecule has 0 aromatic heterocycles. The lowest BCUT2D eigenvalue weighted by Gasteiger charge is -2.13. The molecule has 0 aliphatic rings. The zero-order chi connectivity index (χ0) is 11.3. The molecular formula is C12H18O3. The standard InChI is InChI=1S/C12H18O3/c1-4-7-15-10-5-6-12(14-3)11(8-10)9(2)13/h5-6,8-9,13H,4,7H2,1-3H3. The van der Waals surface area contributed by atoms with E-state index in [0.29, 0.717) is 12.4 Å². The van der Waals surface area contributed by atoms with E-state index >= 15 is 0 Å². The van der Waals surface area contributed by atoms with Gasteiger partial charge < -0.3 is 14.6 Å². The number of hydrogen-bond donors (Lipinski definition) is 1. The molecule has 1 unspecified atom stereocenters. The Morgan fingerprint density at radius 2 is 2.13 bits per heavy atom. The molecule has 3 heteroatoms. The summed E-state index contributed by atoms with van der Waals surface area (Å²) >= 11 is 0. The van der Waals surface area contributed by atoms with Crippen molar-refractivity contribution in [2.24, 2.45) is 0 Å². The summed E-state index contributed by atoms with van der Waals surface area (Å²) in [7, 11) is 1.59. The van der Waals surface area contributed by atoms with E-state index in [4.69, 9.17) is 9.47 Å². The maximum atomic E-state index is 9.55. The summed E-state index contributed by atoms with van der Waals surface area (Å²) in [5.41, 5.74) is 0.756. The van der Waals surface area contributed by atoms with Gasteiger partial charge in [0, 0.05) is 5.56 Å². The summed E-state index contributed by atoms with van der Waals surface area (Å²) in [6.07, 6.45) is 0.417. The Balaban J connectivity index is 2.89. The Labute approximate surface area is 90.6 Å². The van der Waals surface area contributed by atoms with E-state index in [1.54, 1.807) is 14.0 Å². The van der Waals surface area contributed by atoms with Gasteiger partial charge in [-0.15, -0.1) is 0 Å². The van der Waals surface area contributed by atoms with Crippen LogP contribution in [-0.4, -0.2) is 18.8 Å². The molecule has 0 heterocycles. The third-order valence-corrected chi connectivity index (χ3v) is 2.12. The first-order valence-electron chi connectivity index (χ1n) is 5.17. The molecule has 0 bridgehead atoms. The average Bonchev–Trinajstić information content (AvgIpc) is 2.25. The normalized spacial score (nSPS) is 12.3. The molecular weight excluding hydrogens is 192 g/mol. The van der Waals surface area contributed by atoms with E-state index < -0.39 is 6.10 Å². The van der Waals surface area contributed by atoms with Gasteiger partial charge >= 0.3 is 0 Å². The van der Waals surface area contributed by atoms with Crippen LogP contribution in [-0.2, 0) is 0 Å². The van der Waals surface area contributed by atoms with Crippen molar-refractivity contribution in [3.8, 4) is 11.5 Å². The van der Waals surface area contributed by atoms with Gasteiger partial charge in [0.15, 0.2) is 0 Å². The van der Waals surface area contributed by atoms with Gasteiger partial charge in [-0.25, -0.2) is 0 Å². The minimum absolute atomic E-state index is 0.551. The predicted octanol–water partition coefficient (Wildman–Crippen LogP) is 2.54. The lowest BCUT2D eigenvalue weighted by atomic mass is 10.1. The molecule has 0 aliphatic carbocycles. The summed E-state index contributed by atoms with van der Waals surface area (Å²) in [6, 6.07) is 5.48. The summed E-state index contributed by atoms with van der Waals surface area (Å²) in [4.78, 5) is 0. The van der Waals surface area contributed by atoms with Crippen LogP contribution in [0, 0.1) is 0 Å². The van der Waals surface area contributed by atoms with Crippen molar-refractivity contribution >= 4 is 0 Å². The van der Waals surface area contributed by atoms with Crippen molar-refractivity contribution in [1.82, 2.24) is 0 Å². The largest absolute Gasteiger partial charge is 0.496 e. The Bertz CT molecular complexity index is 308.